The number of esters is 1. The number of fused-ring (bicyclic) bond motifs is 1. The molecule has 2 amide bonds. The minimum atomic E-state index is -0.609. The summed E-state index contributed by atoms with van der Waals surface area (Å²) in [6.45, 7) is 5.85. The fourth-order valence-corrected chi connectivity index (χ4v) is 3.54. The molecule has 162 valence electrons. The molecule has 0 atom stereocenters. The lowest BCUT2D eigenvalue weighted by atomic mass is 10.1. The summed E-state index contributed by atoms with van der Waals surface area (Å²) in [6.07, 6.45) is 0.145. The number of aliphatic hydroxyl groups is 1. The van der Waals surface area contributed by atoms with Crippen molar-refractivity contribution in [2.24, 2.45) is 0 Å². The number of hydrogen-bond acceptors (Lipinski definition) is 7. The molecular formula is C21H27N3O6. The Morgan fingerprint density at radius 2 is 2.00 bits per heavy atom. The van der Waals surface area contributed by atoms with Crippen molar-refractivity contribution in [3.8, 4) is 0 Å². The zero-order valence-electron chi connectivity index (χ0n) is 17.7. The molecule has 0 bridgehead atoms. The van der Waals surface area contributed by atoms with Crippen molar-refractivity contribution >= 4 is 29.3 Å². The molecule has 2 aliphatic heterocycles. The number of nitrogens with one attached hydrogen (secondary N) is 1. The van der Waals surface area contributed by atoms with Crippen molar-refractivity contribution in [2.45, 2.75) is 32.8 Å². The van der Waals surface area contributed by atoms with E-state index in [1.807, 2.05) is 26.8 Å². The summed E-state index contributed by atoms with van der Waals surface area (Å²) in [4.78, 5) is 40.4. The second-order valence-corrected chi connectivity index (χ2v) is 8.11. The average Bonchev–Trinajstić information content (AvgIpc) is 3.24. The molecule has 0 spiro atoms. The second-order valence-electron chi connectivity index (χ2n) is 8.11. The number of methoxy groups -OCH3 is 1. The molecule has 3 rings (SSSR count). The normalized spacial score (nSPS) is 16.1. The number of amides is 2. The minimum absolute atomic E-state index is 0.0630. The molecule has 0 unspecified atom stereocenters. The van der Waals surface area contributed by atoms with Gasteiger partial charge in [-0.05, 0) is 39.3 Å². The van der Waals surface area contributed by atoms with Crippen molar-refractivity contribution in [2.75, 3.05) is 43.6 Å². The zero-order valence-corrected chi connectivity index (χ0v) is 17.7. The summed E-state index contributed by atoms with van der Waals surface area (Å²) < 4.78 is 10.3. The van der Waals surface area contributed by atoms with E-state index in [1.54, 1.807) is 17.0 Å². The van der Waals surface area contributed by atoms with Gasteiger partial charge in [0.1, 0.15) is 11.3 Å². The van der Waals surface area contributed by atoms with E-state index >= 15 is 0 Å². The summed E-state index contributed by atoms with van der Waals surface area (Å²) in [6, 6.07) is 5.38. The number of ether oxygens (including phenoxy) is 2. The first-order valence-corrected chi connectivity index (χ1v) is 9.77. The number of nitrogens with zero attached hydrogens (tertiary/aromatic N) is 2. The van der Waals surface area contributed by atoms with Crippen LogP contribution in [0.2, 0.25) is 0 Å². The van der Waals surface area contributed by atoms with Gasteiger partial charge >= 0.3 is 12.1 Å². The molecular weight excluding hydrogens is 390 g/mol. The van der Waals surface area contributed by atoms with Crippen LogP contribution in [0.5, 0.6) is 0 Å². The van der Waals surface area contributed by atoms with E-state index in [-0.39, 0.29) is 36.9 Å². The largest absolute Gasteiger partial charge is 0.466 e. The van der Waals surface area contributed by atoms with E-state index < -0.39 is 17.7 Å². The van der Waals surface area contributed by atoms with E-state index in [2.05, 4.69) is 5.32 Å². The lowest BCUT2D eigenvalue weighted by Crippen LogP contribution is -2.35. The van der Waals surface area contributed by atoms with Crippen molar-refractivity contribution in [3.05, 3.63) is 35.0 Å². The minimum Gasteiger partial charge on any atom is -0.466 e. The van der Waals surface area contributed by atoms with E-state index in [0.717, 1.165) is 5.56 Å². The maximum atomic E-state index is 12.8. The van der Waals surface area contributed by atoms with Crippen LogP contribution in [0.3, 0.4) is 0 Å². The molecule has 0 saturated heterocycles. The summed E-state index contributed by atoms with van der Waals surface area (Å²) >= 11 is 0. The predicted molar refractivity (Wildman–Crippen MR) is 110 cm³/mol. The molecule has 1 aromatic carbocycles. The molecule has 2 N–H and O–H groups in total. The third-order valence-electron chi connectivity index (χ3n) is 4.85. The molecule has 0 aromatic heterocycles. The van der Waals surface area contributed by atoms with Crippen molar-refractivity contribution in [3.63, 3.8) is 0 Å². The van der Waals surface area contributed by atoms with Gasteiger partial charge in [0.15, 0.2) is 0 Å². The fraction of sp³-hybridized carbons (Fsp3) is 0.476. The summed E-state index contributed by atoms with van der Waals surface area (Å²) in [7, 11) is 1.26. The molecule has 0 radical (unpaired) electrons. The van der Waals surface area contributed by atoms with Gasteiger partial charge in [0, 0.05) is 24.3 Å². The summed E-state index contributed by atoms with van der Waals surface area (Å²) in [5.41, 5.74) is 1.91. The standard InChI is InChI=1S/C21H27N3O6/c1-21(2,3)30-20(28)24-9-8-13-15(6-5-7-16(13)24)22-17-14(19(27)29-4)12-23(10-11-25)18(17)26/h5-7,22,25H,8-12H2,1-4H3. The van der Waals surface area contributed by atoms with Crippen molar-refractivity contribution in [1.29, 1.82) is 0 Å². The van der Waals surface area contributed by atoms with Gasteiger partial charge in [0.25, 0.3) is 5.91 Å². The monoisotopic (exact) mass is 417 g/mol. The molecule has 2 aliphatic rings. The first kappa shape index (κ1) is 21.6. The first-order chi connectivity index (χ1) is 14.2. The number of β-amino-alcohol motifs (C(OH)–C–C–N with tert-alkyl or cyclic N) is 1. The lowest BCUT2D eigenvalue weighted by molar-refractivity contribution is -0.136. The van der Waals surface area contributed by atoms with Gasteiger partial charge < -0.3 is 24.8 Å². The van der Waals surface area contributed by atoms with Gasteiger partial charge in [-0.2, -0.15) is 0 Å². The number of rotatable bonds is 5. The molecule has 1 aromatic rings. The van der Waals surface area contributed by atoms with Crippen molar-refractivity contribution < 1.29 is 29.0 Å². The van der Waals surface area contributed by atoms with Gasteiger partial charge in [-0.3, -0.25) is 9.69 Å². The topological polar surface area (TPSA) is 108 Å². The number of aliphatic hydroxyl groups excluding tert-OH is 1. The highest BCUT2D eigenvalue weighted by atomic mass is 16.6. The highest BCUT2D eigenvalue weighted by Gasteiger charge is 2.36. The number of anilines is 2. The number of carbonyl (C=O) groups excluding carboxylic acids is 3. The Hall–Kier alpha value is -3.07. The molecule has 9 heteroatoms. The van der Waals surface area contributed by atoms with Gasteiger partial charge in [0.05, 0.1) is 31.5 Å². The van der Waals surface area contributed by atoms with Crippen molar-refractivity contribution in [1.82, 2.24) is 4.90 Å². The Bertz CT molecular complexity index is 902. The molecule has 30 heavy (non-hydrogen) atoms. The SMILES string of the molecule is COC(=O)C1=C(Nc2cccc3c2CCN3C(=O)OC(C)(C)C)C(=O)N(CCO)C1. The molecule has 0 fully saturated rings. The lowest BCUT2D eigenvalue weighted by Gasteiger charge is -2.25. The molecule has 2 heterocycles. The summed E-state index contributed by atoms with van der Waals surface area (Å²) in [5, 5.41) is 12.3. The number of benzene rings is 1. The predicted octanol–water partition coefficient (Wildman–Crippen LogP) is 1.66. The summed E-state index contributed by atoms with van der Waals surface area (Å²) in [5.74, 6) is -0.988. The quantitative estimate of drug-likeness (QED) is 0.702. The van der Waals surface area contributed by atoms with Crippen LogP contribution in [0.25, 0.3) is 0 Å². The van der Waals surface area contributed by atoms with Crippen LogP contribution >= 0.6 is 0 Å². The third-order valence-corrected chi connectivity index (χ3v) is 4.85. The number of hydrogen-bond donors (Lipinski definition) is 2. The van der Waals surface area contributed by atoms with Gasteiger partial charge in [-0.25, -0.2) is 9.59 Å². The van der Waals surface area contributed by atoms with Crippen LogP contribution in [0.4, 0.5) is 16.2 Å². The van der Waals surface area contributed by atoms with Crippen LogP contribution < -0.4 is 10.2 Å². The first-order valence-electron chi connectivity index (χ1n) is 9.77. The van der Waals surface area contributed by atoms with E-state index in [4.69, 9.17) is 9.47 Å². The van der Waals surface area contributed by atoms with Crippen LogP contribution in [0.15, 0.2) is 29.5 Å². The second kappa shape index (κ2) is 8.35. The van der Waals surface area contributed by atoms with E-state index in [9.17, 15) is 19.5 Å². The van der Waals surface area contributed by atoms with E-state index in [0.29, 0.717) is 24.3 Å². The van der Waals surface area contributed by atoms with Crippen LogP contribution in [-0.4, -0.2) is 66.9 Å². The van der Waals surface area contributed by atoms with E-state index in [1.165, 1.54) is 12.0 Å². The number of carbonyl (C=O) groups is 3. The highest BCUT2D eigenvalue weighted by molar-refractivity contribution is 6.09. The maximum Gasteiger partial charge on any atom is 0.414 e. The van der Waals surface area contributed by atoms with Crippen LogP contribution in [0, 0.1) is 0 Å². The Kier molecular flexibility index (Phi) is 6.02. The van der Waals surface area contributed by atoms with Crippen LogP contribution in [0.1, 0.15) is 26.3 Å². The molecule has 0 aliphatic carbocycles. The third kappa shape index (κ3) is 4.25. The van der Waals surface area contributed by atoms with Gasteiger partial charge in [0.2, 0.25) is 0 Å². The molecule has 9 nitrogen and oxygen atoms in total. The van der Waals surface area contributed by atoms with Gasteiger partial charge in [-0.1, -0.05) is 6.07 Å². The maximum absolute atomic E-state index is 12.8. The Labute approximate surface area is 175 Å². The Morgan fingerprint density at radius 3 is 2.63 bits per heavy atom. The smallest absolute Gasteiger partial charge is 0.414 e. The Morgan fingerprint density at radius 1 is 1.27 bits per heavy atom. The highest BCUT2D eigenvalue weighted by Crippen LogP contribution is 2.36. The fourth-order valence-electron chi connectivity index (χ4n) is 3.54. The Balaban J connectivity index is 1.90. The van der Waals surface area contributed by atoms with Gasteiger partial charge in [-0.15, -0.1) is 0 Å². The molecule has 0 saturated carbocycles. The average molecular weight is 417 g/mol. The zero-order chi connectivity index (χ0) is 22.1. The van der Waals surface area contributed by atoms with Crippen LogP contribution in [-0.2, 0) is 25.5 Å².